The van der Waals surface area contributed by atoms with E-state index < -0.39 is 11.4 Å². The topological polar surface area (TPSA) is 37.3 Å². The van der Waals surface area contributed by atoms with Crippen LogP contribution in [0.25, 0.3) is 0 Å². The molecule has 1 aromatic carbocycles. The molecule has 0 amide bonds. The van der Waals surface area contributed by atoms with E-state index in [-0.39, 0.29) is 0 Å². The van der Waals surface area contributed by atoms with Gasteiger partial charge in [-0.3, -0.25) is 4.79 Å². The van der Waals surface area contributed by atoms with Gasteiger partial charge in [-0.2, -0.15) is 0 Å². The van der Waals surface area contributed by atoms with Gasteiger partial charge in [0.05, 0.1) is 5.41 Å². The average Bonchev–Trinajstić information content (AvgIpc) is 2.61. The number of aryl methyl sites for hydroxylation is 2. The van der Waals surface area contributed by atoms with Crippen molar-refractivity contribution >= 4 is 5.97 Å². The van der Waals surface area contributed by atoms with Gasteiger partial charge in [0.1, 0.15) is 0 Å². The molecule has 0 heterocycles. The number of benzene rings is 1. The summed E-state index contributed by atoms with van der Waals surface area (Å²) in [4.78, 5) is 11.2. The van der Waals surface area contributed by atoms with Crippen molar-refractivity contribution in [3.63, 3.8) is 0 Å². The molecule has 0 atom stereocenters. The molecular formula is C27H46O2. The van der Waals surface area contributed by atoms with Crippen LogP contribution in [0.5, 0.6) is 0 Å². The van der Waals surface area contributed by atoms with Crippen molar-refractivity contribution in [2.75, 3.05) is 0 Å². The Kier molecular flexibility index (Phi) is 10.4. The van der Waals surface area contributed by atoms with Crippen molar-refractivity contribution in [3.8, 4) is 0 Å². The molecule has 1 rings (SSSR count). The first kappa shape index (κ1) is 25.7. The lowest BCUT2D eigenvalue weighted by Gasteiger charge is -2.19. The summed E-state index contributed by atoms with van der Waals surface area (Å²) in [6.45, 7) is 15.2. The highest BCUT2D eigenvalue weighted by Gasteiger charge is 2.25. The van der Waals surface area contributed by atoms with E-state index >= 15 is 0 Å². The molecule has 0 spiro atoms. The molecule has 0 saturated carbocycles. The van der Waals surface area contributed by atoms with Gasteiger partial charge >= 0.3 is 5.97 Å². The minimum atomic E-state index is -0.684. The van der Waals surface area contributed by atoms with Crippen molar-refractivity contribution in [3.05, 3.63) is 34.4 Å². The van der Waals surface area contributed by atoms with Gasteiger partial charge in [-0.25, -0.2) is 0 Å². The van der Waals surface area contributed by atoms with Crippen LogP contribution in [0.1, 0.15) is 115 Å². The predicted octanol–water partition coefficient (Wildman–Crippen LogP) is 8.06. The minimum absolute atomic E-state index is 0.458. The Hall–Kier alpha value is -1.31. The van der Waals surface area contributed by atoms with Gasteiger partial charge in [-0.05, 0) is 93.9 Å². The van der Waals surface area contributed by atoms with E-state index in [4.69, 9.17) is 0 Å². The Bertz CT molecular complexity index is 635. The highest BCUT2D eigenvalue weighted by Crippen LogP contribution is 2.27. The number of carboxylic acids is 1. The first-order chi connectivity index (χ1) is 13.4. The standard InChI is InChI=1S/C27H46O2/c1-21-17-18-23(15-11-10-14-20-27(6,7)25(28)29)24(22(21)2)16-12-8-9-13-19-26(3,4)5/h17-18H,8-16,19-20H2,1-7H3,(H,28,29). The predicted molar refractivity (Wildman–Crippen MR) is 126 cm³/mol. The van der Waals surface area contributed by atoms with Crippen LogP contribution in [0.2, 0.25) is 0 Å². The second-order valence-electron chi connectivity index (χ2n) is 10.9. The van der Waals surface area contributed by atoms with Crippen LogP contribution >= 0.6 is 0 Å². The van der Waals surface area contributed by atoms with Crippen molar-refractivity contribution < 1.29 is 9.90 Å². The summed E-state index contributed by atoms with van der Waals surface area (Å²) in [6, 6.07) is 4.60. The SMILES string of the molecule is Cc1ccc(CCCCCC(C)(C)C(=O)O)c(CCCCCCC(C)(C)C)c1C. The number of aliphatic carboxylic acids is 1. The van der Waals surface area contributed by atoms with Gasteiger partial charge in [0.2, 0.25) is 0 Å². The Balaban J connectivity index is 2.49. The molecule has 2 heteroatoms. The molecule has 2 nitrogen and oxygen atoms in total. The first-order valence-electron chi connectivity index (χ1n) is 11.8. The zero-order valence-electron chi connectivity index (χ0n) is 20.3. The van der Waals surface area contributed by atoms with Gasteiger partial charge in [0, 0.05) is 0 Å². The van der Waals surface area contributed by atoms with E-state index in [9.17, 15) is 9.90 Å². The van der Waals surface area contributed by atoms with Gasteiger partial charge < -0.3 is 5.11 Å². The molecule has 29 heavy (non-hydrogen) atoms. The van der Waals surface area contributed by atoms with Crippen LogP contribution < -0.4 is 0 Å². The van der Waals surface area contributed by atoms with E-state index in [1.807, 2.05) is 13.8 Å². The van der Waals surface area contributed by atoms with E-state index in [2.05, 4.69) is 46.8 Å². The van der Waals surface area contributed by atoms with Gasteiger partial charge in [-0.1, -0.05) is 65.0 Å². The maximum atomic E-state index is 11.2. The highest BCUT2D eigenvalue weighted by atomic mass is 16.4. The zero-order chi connectivity index (χ0) is 22.1. The molecule has 0 radical (unpaired) electrons. The summed E-state index contributed by atoms with van der Waals surface area (Å²) >= 11 is 0. The quantitative estimate of drug-likeness (QED) is 0.339. The summed E-state index contributed by atoms with van der Waals surface area (Å²) in [7, 11) is 0. The van der Waals surface area contributed by atoms with Crippen LogP contribution in [0.3, 0.4) is 0 Å². The first-order valence-corrected chi connectivity index (χ1v) is 11.8. The Morgan fingerprint density at radius 3 is 1.97 bits per heavy atom. The molecule has 0 aliphatic heterocycles. The minimum Gasteiger partial charge on any atom is -0.481 e. The van der Waals surface area contributed by atoms with Crippen molar-refractivity contribution in [1.29, 1.82) is 0 Å². The Labute approximate surface area is 180 Å². The molecule has 0 aromatic heterocycles. The molecule has 0 fully saturated rings. The molecule has 1 aromatic rings. The van der Waals surface area contributed by atoms with Crippen molar-refractivity contribution in [2.24, 2.45) is 10.8 Å². The fourth-order valence-electron chi connectivity index (χ4n) is 3.99. The molecule has 0 unspecified atom stereocenters. The van der Waals surface area contributed by atoms with Gasteiger partial charge in [0.15, 0.2) is 0 Å². The lowest BCUT2D eigenvalue weighted by molar-refractivity contribution is -0.147. The molecule has 0 bridgehead atoms. The summed E-state index contributed by atoms with van der Waals surface area (Å²) in [5, 5.41) is 9.24. The third-order valence-corrected chi connectivity index (χ3v) is 6.40. The summed E-state index contributed by atoms with van der Waals surface area (Å²) < 4.78 is 0. The zero-order valence-corrected chi connectivity index (χ0v) is 20.3. The number of hydrogen-bond donors (Lipinski definition) is 1. The Morgan fingerprint density at radius 1 is 0.793 bits per heavy atom. The lowest BCUT2D eigenvalue weighted by atomic mass is 9.86. The van der Waals surface area contributed by atoms with Crippen LogP contribution in [0, 0.1) is 24.7 Å². The maximum absolute atomic E-state index is 11.2. The monoisotopic (exact) mass is 402 g/mol. The van der Waals surface area contributed by atoms with Gasteiger partial charge in [0.25, 0.3) is 0 Å². The van der Waals surface area contributed by atoms with Crippen molar-refractivity contribution in [1.82, 2.24) is 0 Å². The average molecular weight is 403 g/mol. The van der Waals surface area contributed by atoms with Crippen LogP contribution in [0.15, 0.2) is 12.1 Å². The number of carboxylic acid groups (broad SMARTS) is 1. The highest BCUT2D eigenvalue weighted by molar-refractivity contribution is 5.73. The van der Waals surface area contributed by atoms with E-state index in [1.165, 1.54) is 55.2 Å². The smallest absolute Gasteiger partial charge is 0.309 e. The van der Waals surface area contributed by atoms with E-state index in [0.717, 1.165) is 32.1 Å². The summed E-state index contributed by atoms with van der Waals surface area (Å²) in [5.74, 6) is -0.684. The second-order valence-corrected chi connectivity index (χ2v) is 10.9. The molecule has 0 saturated heterocycles. The van der Waals surface area contributed by atoms with Crippen LogP contribution in [0.4, 0.5) is 0 Å². The summed E-state index contributed by atoms with van der Waals surface area (Å²) in [5.41, 5.74) is 5.83. The molecular weight excluding hydrogens is 356 g/mol. The van der Waals surface area contributed by atoms with Crippen molar-refractivity contribution in [2.45, 2.75) is 119 Å². The number of unbranched alkanes of at least 4 members (excludes halogenated alkanes) is 5. The fraction of sp³-hybridized carbons (Fsp3) is 0.741. The van der Waals surface area contributed by atoms with E-state index in [1.54, 1.807) is 5.56 Å². The fourth-order valence-corrected chi connectivity index (χ4v) is 3.99. The molecule has 0 aliphatic carbocycles. The normalized spacial score (nSPS) is 12.4. The number of hydrogen-bond acceptors (Lipinski definition) is 1. The largest absolute Gasteiger partial charge is 0.481 e. The number of rotatable bonds is 13. The molecule has 166 valence electrons. The van der Waals surface area contributed by atoms with E-state index in [0.29, 0.717) is 5.41 Å². The van der Waals surface area contributed by atoms with Crippen LogP contribution in [-0.4, -0.2) is 11.1 Å². The van der Waals surface area contributed by atoms with Crippen LogP contribution in [-0.2, 0) is 17.6 Å². The van der Waals surface area contributed by atoms with Gasteiger partial charge in [-0.15, -0.1) is 0 Å². The lowest BCUT2D eigenvalue weighted by Crippen LogP contribution is -2.23. The third kappa shape index (κ3) is 9.83. The second kappa shape index (κ2) is 11.8. The third-order valence-electron chi connectivity index (χ3n) is 6.40. The maximum Gasteiger partial charge on any atom is 0.309 e. The molecule has 1 N–H and O–H groups in total. The Morgan fingerprint density at radius 2 is 1.34 bits per heavy atom. The number of carbonyl (C=O) groups is 1. The molecule has 0 aliphatic rings. The summed E-state index contributed by atoms with van der Waals surface area (Å²) in [6.07, 6.45) is 12.9.